The molecule has 1 atom stereocenters. The monoisotopic (exact) mass is 391 g/mol. The highest BCUT2D eigenvalue weighted by Gasteiger charge is 2.24. The van der Waals surface area contributed by atoms with E-state index in [1.54, 1.807) is 25.3 Å². The van der Waals surface area contributed by atoms with E-state index in [9.17, 15) is 9.59 Å². The van der Waals surface area contributed by atoms with Crippen molar-refractivity contribution in [1.29, 1.82) is 0 Å². The van der Waals surface area contributed by atoms with Gasteiger partial charge in [0.25, 0.3) is 11.5 Å². The van der Waals surface area contributed by atoms with E-state index in [1.165, 1.54) is 19.0 Å². The molecule has 2 aromatic carbocycles. The Balaban J connectivity index is 1.56. The predicted molar refractivity (Wildman–Crippen MR) is 113 cm³/mol. The Morgan fingerprint density at radius 1 is 1.10 bits per heavy atom. The molecule has 150 valence electrons. The van der Waals surface area contributed by atoms with Crippen LogP contribution < -0.4 is 15.6 Å². The molecule has 1 aliphatic heterocycles. The molecule has 6 heteroatoms. The third-order valence-electron chi connectivity index (χ3n) is 5.59. The van der Waals surface area contributed by atoms with Crippen molar-refractivity contribution in [2.45, 2.75) is 18.9 Å². The van der Waals surface area contributed by atoms with E-state index in [0.29, 0.717) is 22.9 Å². The van der Waals surface area contributed by atoms with E-state index in [2.05, 4.69) is 27.3 Å². The molecule has 3 aromatic rings. The fraction of sp³-hybridized carbons (Fsp3) is 0.304. The smallest absolute Gasteiger partial charge is 0.255 e. The summed E-state index contributed by atoms with van der Waals surface area (Å²) < 4.78 is 5.27. The van der Waals surface area contributed by atoms with E-state index in [0.717, 1.165) is 24.4 Å². The number of hydrogen-bond donors (Lipinski definition) is 2. The molecule has 1 fully saturated rings. The summed E-state index contributed by atoms with van der Waals surface area (Å²) in [7, 11) is 1.65. The van der Waals surface area contributed by atoms with Crippen molar-refractivity contribution < 1.29 is 9.53 Å². The molecule has 0 saturated carbocycles. The Morgan fingerprint density at radius 2 is 1.79 bits per heavy atom. The first-order chi connectivity index (χ1) is 14.2. The number of pyridine rings is 1. The third-order valence-corrected chi connectivity index (χ3v) is 5.59. The number of nitrogens with zero attached hydrogens (tertiary/aromatic N) is 1. The number of fused-ring (bicyclic) bond motifs is 1. The van der Waals surface area contributed by atoms with Crippen LogP contribution in [0.4, 0.5) is 0 Å². The molecular formula is C23H25N3O3. The van der Waals surface area contributed by atoms with Crippen molar-refractivity contribution in [3.05, 3.63) is 76.2 Å². The van der Waals surface area contributed by atoms with Gasteiger partial charge in [-0.05, 0) is 49.7 Å². The molecule has 0 spiro atoms. The van der Waals surface area contributed by atoms with Gasteiger partial charge in [-0.25, -0.2) is 0 Å². The summed E-state index contributed by atoms with van der Waals surface area (Å²) in [6.07, 6.45) is 3.84. The van der Waals surface area contributed by atoms with Gasteiger partial charge in [0.2, 0.25) is 0 Å². The molecule has 4 rings (SSSR count). The van der Waals surface area contributed by atoms with Gasteiger partial charge in [0, 0.05) is 23.5 Å². The number of benzene rings is 2. The van der Waals surface area contributed by atoms with Crippen LogP contribution in [-0.2, 0) is 0 Å². The number of aromatic amines is 1. The van der Waals surface area contributed by atoms with Crippen molar-refractivity contribution in [3.63, 3.8) is 0 Å². The van der Waals surface area contributed by atoms with Crippen LogP contribution in [0.15, 0.2) is 59.5 Å². The van der Waals surface area contributed by atoms with E-state index >= 15 is 0 Å². The molecule has 6 nitrogen and oxygen atoms in total. The van der Waals surface area contributed by atoms with Crippen LogP contribution >= 0.6 is 0 Å². The number of aromatic nitrogens is 1. The van der Waals surface area contributed by atoms with Gasteiger partial charge >= 0.3 is 0 Å². The molecule has 1 saturated heterocycles. The largest absolute Gasteiger partial charge is 0.497 e. The zero-order valence-corrected chi connectivity index (χ0v) is 16.5. The maximum absolute atomic E-state index is 12.9. The standard InChI is InChI=1S/C23H25N3O3/c1-29-17-10-8-16(9-11-17)21(26-12-4-5-13-26)15-25-23(28)20-14-24-22(27)19-7-3-2-6-18(19)20/h2-3,6-11,14,21H,4-5,12-13,15H2,1H3,(H,24,27)(H,25,28). The zero-order chi connectivity index (χ0) is 20.2. The molecule has 1 aliphatic rings. The van der Waals surface area contributed by atoms with Crippen molar-refractivity contribution in [2.24, 2.45) is 0 Å². The highest BCUT2D eigenvalue weighted by atomic mass is 16.5. The average Bonchev–Trinajstić information content (AvgIpc) is 3.29. The minimum Gasteiger partial charge on any atom is -0.497 e. The summed E-state index contributed by atoms with van der Waals surface area (Å²) in [4.78, 5) is 30.1. The van der Waals surface area contributed by atoms with Crippen LogP contribution in [0.1, 0.15) is 34.8 Å². The number of rotatable bonds is 6. The maximum atomic E-state index is 12.9. The van der Waals surface area contributed by atoms with Gasteiger partial charge in [0.15, 0.2) is 0 Å². The minimum atomic E-state index is -0.190. The van der Waals surface area contributed by atoms with Gasteiger partial charge in [-0.1, -0.05) is 30.3 Å². The second-order valence-electron chi connectivity index (χ2n) is 7.32. The third kappa shape index (κ3) is 4.03. The van der Waals surface area contributed by atoms with Gasteiger partial charge in [-0.15, -0.1) is 0 Å². The summed E-state index contributed by atoms with van der Waals surface area (Å²) in [5.41, 5.74) is 1.44. The van der Waals surface area contributed by atoms with Gasteiger partial charge in [-0.3, -0.25) is 14.5 Å². The van der Waals surface area contributed by atoms with E-state index in [4.69, 9.17) is 4.74 Å². The number of ether oxygens (including phenoxy) is 1. The number of nitrogens with one attached hydrogen (secondary N) is 2. The molecule has 1 unspecified atom stereocenters. The molecule has 0 radical (unpaired) electrons. The quantitative estimate of drug-likeness (QED) is 0.677. The van der Waals surface area contributed by atoms with E-state index < -0.39 is 0 Å². The lowest BCUT2D eigenvalue weighted by molar-refractivity contribution is 0.0939. The van der Waals surface area contributed by atoms with Crippen LogP contribution in [0.3, 0.4) is 0 Å². The Hall–Kier alpha value is -3.12. The van der Waals surface area contributed by atoms with Gasteiger partial charge in [0.1, 0.15) is 5.75 Å². The highest BCUT2D eigenvalue weighted by Crippen LogP contribution is 2.26. The number of carbonyl (C=O) groups is 1. The molecular weight excluding hydrogens is 366 g/mol. The number of carbonyl (C=O) groups excluding carboxylic acids is 1. The van der Waals surface area contributed by atoms with Gasteiger partial charge in [0.05, 0.1) is 18.7 Å². The van der Waals surface area contributed by atoms with Gasteiger partial charge in [-0.2, -0.15) is 0 Å². The number of H-pyrrole nitrogens is 1. The highest BCUT2D eigenvalue weighted by molar-refractivity contribution is 6.06. The minimum absolute atomic E-state index is 0.0985. The van der Waals surface area contributed by atoms with Crippen molar-refractivity contribution in [2.75, 3.05) is 26.7 Å². The molecule has 1 amide bonds. The molecule has 29 heavy (non-hydrogen) atoms. The number of hydrogen-bond acceptors (Lipinski definition) is 4. The van der Waals surface area contributed by atoms with E-state index in [-0.39, 0.29) is 17.5 Å². The molecule has 0 bridgehead atoms. The summed E-state index contributed by atoms with van der Waals surface area (Å²) in [5.74, 6) is 0.632. The van der Waals surface area contributed by atoms with Gasteiger partial charge < -0.3 is 15.0 Å². The normalized spacial score (nSPS) is 15.3. The molecule has 2 heterocycles. The summed E-state index contributed by atoms with van der Waals surface area (Å²) in [5, 5.41) is 4.26. The van der Waals surface area contributed by atoms with Crippen molar-refractivity contribution in [1.82, 2.24) is 15.2 Å². The van der Waals surface area contributed by atoms with Crippen LogP contribution in [0.25, 0.3) is 10.8 Å². The lowest BCUT2D eigenvalue weighted by Gasteiger charge is -2.28. The van der Waals surface area contributed by atoms with Crippen LogP contribution in [0.2, 0.25) is 0 Å². The van der Waals surface area contributed by atoms with Crippen molar-refractivity contribution in [3.8, 4) is 5.75 Å². The zero-order valence-electron chi connectivity index (χ0n) is 16.5. The molecule has 2 N–H and O–H groups in total. The maximum Gasteiger partial charge on any atom is 0.255 e. The number of likely N-dealkylation sites (tertiary alicyclic amines) is 1. The Kier molecular flexibility index (Phi) is 5.62. The first kappa shape index (κ1) is 19.2. The Morgan fingerprint density at radius 3 is 2.48 bits per heavy atom. The SMILES string of the molecule is COc1ccc(C(CNC(=O)c2c[nH]c(=O)c3ccccc23)N2CCCC2)cc1. The fourth-order valence-corrected chi connectivity index (χ4v) is 4.02. The first-order valence-electron chi connectivity index (χ1n) is 9.94. The molecule has 0 aliphatic carbocycles. The fourth-order valence-electron chi connectivity index (χ4n) is 4.02. The van der Waals surface area contributed by atoms with Crippen LogP contribution in [-0.4, -0.2) is 42.5 Å². The van der Waals surface area contributed by atoms with E-state index in [1.807, 2.05) is 18.2 Å². The summed E-state index contributed by atoms with van der Waals surface area (Å²) in [6.45, 7) is 2.54. The topological polar surface area (TPSA) is 74.4 Å². The second-order valence-corrected chi connectivity index (χ2v) is 7.32. The van der Waals surface area contributed by atoms with Crippen LogP contribution in [0.5, 0.6) is 5.75 Å². The Labute approximate surface area is 169 Å². The summed E-state index contributed by atoms with van der Waals surface area (Å²) in [6, 6.07) is 15.3. The summed E-state index contributed by atoms with van der Waals surface area (Å²) >= 11 is 0. The van der Waals surface area contributed by atoms with Crippen LogP contribution in [0, 0.1) is 0 Å². The lowest BCUT2D eigenvalue weighted by atomic mass is 10.0. The number of methoxy groups -OCH3 is 1. The van der Waals surface area contributed by atoms with Crippen molar-refractivity contribution >= 4 is 16.7 Å². The number of amides is 1. The predicted octanol–water partition coefficient (Wildman–Crippen LogP) is 3.10. The lowest BCUT2D eigenvalue weighted by Crippen LogP contribution is -2.37. The second kappa shape index (κ2) is 8.49. The Bertz CT molecular complexity index is 1050. The molecule has 1 aromatic heterocycles. The first-order valence-corrected chi connectivity index (χ1v) is 9.94. The average molecular weight is 391 g/mol.